The zero-order valence-electron chi connectivity index (χ0n) is 9.79. The van der Waals surface area contributed by atoms with Gasteiger partial charge in [0.2, 0.25) is 0 Å². The second-order valence-electron chi connectivity index (χ2n) is 5.28. The van der Waals surface area contributed by atoms with Crippen LogP contribution in [0, 0.1) is 5.92 Å². The number of hydrogen-bond donors (Lipinski definition) is 1. The Morgan fingerprint density at radius 1 is 1.00 bits per heavy atom. The molecule has 2 heterocycles. The molecule has 2 nitrogen and oxygen atoms in total. The number of nitrogens with zero attached hydrogens (tertiary/aromatic N) is 1. The van der Waals surface area contributed by atoms with Crippen LogP contribution in [0.4, 0.5) is 0 Å². The number of likely N-dealkylation sites (tertiary alicyclic amines) is 1. The van der Waals surface area contributed by atoms with E-state index in [9.17, 15) is 0 Å². The normalized spacial score (nSPS) is 45.6. The van der Waals surface area contributed by atoms with Gasteiger partial charge in [-0.1, -0.05) is 13.3 Å². The number of rotatable bonds is 1. The molecule has 2 unspecified atom stereocenters. The quantitative estimate of drug-likeness (QED) is 0.688. The molecule has 0 bridgehead atoms. The standard InChI is InChI=1S/C12H24N2/c1-9-7-13-8-12(9)14-10(2)5-4-6-11(14)3/h9-13H,4-8H2,1-3H3/t9?,10-,11+,12?. The van der Waals surface area contributed by atoms with Crippen molar-refractivity contribution in [2.24, 2.45) is 5.92 Å². The highest BCUT2D eigenvalue weighted by Gasteiger charge is 2.35. The van der Waals surface area contributed by atoms with Gasteiger partial charge >= 0.3 is 0 Å². The molecule has 2 saturated heterocycles. The van der Waals surface area contributed by atoms with E-state index in [0.717, 1.165) is 24.0 Å². The molecule has 14 heavy (non-hydrogen) atoms. The third-order valence-electron chi connectivity index (χ3n) is 4.12. The van der Waals surface area contributed by atoms with Gasteiger partial charge in [0.15, 0.2) is 0 Å². The molecule has 2 aliphatic heterocycles. The van der Waals surface area contributed by atoms with Crippen molar-refractivity contribution in [1.82, 2.24) is 10.2 Å². The van der Waals surface area contributed by atoms with Crippen LogP contribution < -0.4 is 5.32 Å². The molecule has 0 radical (unpaired) electrons. The second-order valence-corrected chi connectivity index (χ2v) is 5.28. The highest BCUT2D eigenvalue weighted by Crippen LogP contribution is 2.28. The van der Waals surface area contributed by atoms with Gasteiger partial charge in [0.1, 0.15) is 0 Å². The fourth-order valence-corrected chi connectivity index (χ4v) is 3.29. The molecule has 0 saturated carbocycles. The third kappa shape index (κ3) is 1.82. The molecule has 0 aliphatic carbocycles. The zero-order valence-corrected chi connectivity index (χ0v) is 9.79. The van der Waals surface area contributed by atoms with Gasteiger partial charge in [-0.3, -0.25) is 4.90 Å². The Kier molecular flexibility index (Phi) is 3.13. The maximum atomic E-state index is 3.52. The summed E-state index contributed by atoms with van der Waals surface area (Å²) in [4.78, 5) is 2.77. The van der Waals surface area contributed by atoms with Crippen LogP contribution in [0.5, 0.6) is 0 Å². The van der Waals surface area contributed by atoms with E-state index in [-0.39, 0.29) is 0 Å². The lowest BCUT2D eigenvalue weighted by molar-refractivity contribution is 0.0472. The van der Waals surface area contributed by atoms with Gasteiger partial charge < -0.3 is 5.32 Å². The van der Waals surface area contributed by atoms with E-state index in [0.29, 0.717) is 0 Å². The molecule has 0 amide bonds. The number of nitrogens with one attached hydrogen (secondary N) is 1. The van der Waals surface area contributed by atoms with Crippen LogP contribution in [0.25, 0.3) is 0 Å². The Balaban J connectivity index is 2.05. The molecule has 0 aromatic rings. The molecule has 2 fully saturated rings. The van der Waals surface area contributed by atoms with E-state index in [1.54, 1.807) is 0 Å². The van der Waals surface area contributed by atoms with Crippen molar-refractivity contribution in [3.05, 3.63) is 0 Å². The monoisotopic (exact) mass is 196 g/mol. The largest absolute Gasteiger partial charge is 0.315 e. The molecular formula is C12H24N2. The highest BCUT2D eigenvalue weighted by molar-refractivity contribution is 4.92. The first-order valence-electron chi connectivity index (χ1n) is 6.18. The van der Waals surface area contributed by atoms with Gasteiger partial charge in [-0.25, -0.2) is 0 Å². The topological polar surface area (TPSA) is 15.3 Å². The first-order chi connectivity index (χ1) is 6.70. The molecule has 2 aliphatic rings. The third-order valence-corrected chi connectivity index (χ3v) is 4.12. The highest BCUT2D eigenvalue weighted by atomic mass is 15.2. The minimum absolute atomic E-state index is 0.792. The lowest BCUT2D eigenvalue weighted by Crippen LogP contribution is -2.52. The second kappa shape index (κ2) is 4.19. The van der Waals surface area contributed by atoms with E-state index in [1.807, 2.05) is 0 Å². The van der Waals surface area contributed by atoms with E-state index in [4.69, 9.17) is 0 Å². The van der Waals surface area contributed by atoms with Crippen LogP contribution >= 0.6 is 0 Å². The van der Waals surface area contributed by atoms with Crippen LogP contribution in [0.3, 0.4) is 0 Å². The molecule has 2 heteroatoms. The zero-order chi connectivity index (χ0) is 10.1. The van der Waals surface area contributed by atoms with Crippen molar-refractivity contribution in [3.63, 3.8) is 0 Å². The van der Waals surface area contributed by atoms with Crippen molar-refractivity contribution < 1.29 is 0 Å². The van der Waals surface area contributed by atoms with Crippen molar-refractivity contribution in [2.75, 3.05) is 13.1 Å². The molecule has 1 N–H and O–H groups in total. The molecular weight excluding hydrogens is 172 g/mol. The minimum Gasteiger partial charge on any atom is -0.315 e. The lowest BCUT2D eigenvalue weighted by Gasteiger charge is -2.44. The van der Waals surface area contributed by atoms with E-state index >= 15 is 0 Å². The number of piperidine rings is 1. The summed E-state index contributed by atoms with van der Waals surface area (Å²) in [7, 11) is 0. The van der Waals surface area contributed by atoms with Crippen molar-refractivity contribution in [1.29, 1.82) is 0 Å². The Bertz CT molecular complexity index is 183. The SMILES string of the molecule is CC1CNCC1N1[C@H](C)CCC[C@@H]1C. The van der Waals surface area contributed by atoms with E-state index in [2.05, 4.69) is 31.0 Å². The summed E-state index contributed by atoms with van der Waals surface area (Å²) in [6, 6.07) is 2.39. The first kappa shape index (κ1) is 10.4. The molecule has 0 spiro atoms. The van der Waals surface area contributed by atoms with Gasteiger partial charge in [0.05, 0.1) is 0 Å². The number of hydrogen-bond acceptors (Lipinski definition) is 2. The molecule has 4 atom stereocenters. The maximum absolute atomic E-state index is 3.52. The van der Waals surface area contributed by atoms with Gasteiger partial charge in [0.25, 0.3) is 0 Å². The van der Waals surface area contributed by atoms with Gasteiger partial charge in [0, 0.05) is 24.7 Å². The van der Waals surface area contributed by atoms with E-state index in [1.165, 1.54) is 32.4 Å². The Morgan fingerprint density at radius 2 is 1.64 bits per heavy atom. The smallest absolute Gasteiger partial charge is 0.0263 e. The fourth-order valence-electron chi connectivity index (χ4n) is 3.29. The van der Waals surface area contributed by atoms with Crippen molar-refractivity contribution in [3.8, 4) is 0 Å². The van der Waals surface area contributed by atoms with Gasteiger partial charge in [-0.15, -0.1) is 0 Å². The molecule has 0 aromatic carbocycles. The van der Waals surface area contributed by atoms with Crippen molar-refractivity contribution >= 4 is 0 Å². The maximum Gasteiger partial charge on any atom is 0.0263 e. The van der Waals surface area contributed by atoms with Gasteiger partial charge in [-0.05, 0) is 39.2 Å². The van der Waals surface area contributed by atoms with Crippen LogP contribution in [0.2, 0.25) is 0 Å². The fraction of sp³-hybridized carbons (Fsp3) is 1.00. The summed E-state index contributed by atoms with van der Waals surface area (Å²) in [5, 5.41) is 3.52. The summed E-state index contributed by atoms with van der Waals surface area (Å²) in [6.45, 7) is 9.61. The minimum atomic E-state index is 0.792. The average Bonchev–Trinajstić information content (AvgIpc) is 2.52. The molecule has 2 rings (SSSR count). The first-order valence-corrected chi connectivity index (χ1v) is 6.18. The summed E-state index contributed by atoms with van der Waals surface area (Å²) < 4.78 is 0. The summed E-state index contributed by atoms with van der Waals surface area (Å²) in [5.41, 5.74) is 0. The summed E-state index contributed by atoms with van der Waals surface area (Å²) in [6.07, 6.45) is 4.22. The van der Waals surface area contributed by atoms with Crippen molar-refractivity contribution in [2.45, 2.75) is 58.2 Å². The lowest BCUT2D eigenvalue weighted by atomic mass is 9.92. The van der Waals surface area contributed by atoms with Gasteiger partial charge in [-0.2, -0.15) is 0 Å². The molecule has 0 aromatic heterocycles. The average molecular weight is 196 g/mol. The predicted octanol–water partition coefficient (Wildman–Crippen LogP) is 1.86. The van der Waals surface area contributed by atoms with Crippen LogP contribution in [0.15, 0.2) is 0 Å². The molecule has 82 valence electrons. The summed E-state index contributed by atoms with van der Waals surface area (Å²) >= 11 is 0. The van der Waals surface area contributed by atoms with Crippen LogP contribution in [-0.2, 0) is 0 Å². The Labute approximate surface area is 88.1 Å². The Hall–Kier alpha value is -0.0800. The van der Waals surface area contributed by atoms with Crippen LogP contribution in [-0.4, -0.2) is 36.1 Å². The summed E-state index contributed by atoms with van der Waals surface area (Å²) in [5.74, 6) is 0.831. The predicted molar refractivity (Wildman–Crippen MR) is 60.4 cm³/mol. The van der Waals surface area contributed by atoms with E-state index < -0.39 is 0 Å². The van der Waals surface area contributed by atoms with Crippen LogP contribution in [0.1, 0.15) is 40.0 Å². The Morgan fingerprint density at radius 3 is 2.14 bits per heavy atom.